The first-order valence-corrected chi connectivity index (χ1v) is 13.3. The first-order chi connectivity index (χ1) is 19.8. The van der Waals surface area contributed by atoms with Gasteiger partial charge in [-0.3, -0.25) is 15.0 Å². The molecule has 0 saturated heterocycles. The number of nitrogens with zero attached hydrogens (tertiary/aromatic N) is 3. The van der Waals surface area contributed by atoms with Crippen LogP contribution in [-0.4, -0.2) is 15.0 Å². The zero-order valence-corrected chi connectivity index (χ0v) is 24.4. The van der Waals surface area contributed by atoms with Crippen molar-refractivity contribution in [3.05, 3.63) is 152 Å². The molecule has 0 atom stereocenters. The smallest absolute Gasteiger partial charge is 0.0886 e. The molecule has 7 aromatic rings. The van der Waals surface area contributed by atoms with Crippen LogP contribution in [0, 0.1) is 6.07 Å². The van der Waals surface area contributed by atoms with E-state index in [1.807, 2.05) is 48.5 Å². The van der Waals surface area contributed by atoms with Crippen molar-refractivity contribution >= 4 is 10.9 Å². The van der Waals surface area contributed by atoms with E-state index in [1.165, 1.54) is 38.8 Å². The third-order valence-electron chi connectivity index (χ3n) is 7.12. The Labute approximate surface area is 253 Å². The van der Waals surface area contributed by atoms with Gasteiger partial charge in [0.2, 0.25) is 0 Å². The number of fused-ring (bicyclic) bond motifs is 3. The summed E-state index contributed by atoms with van der Waals surface area (Å²) < 4.78 is 0. The van der Waals surface area contributed by atoms with Crippen molar-refractivity contribution in [2.45, 2.75) is 0 Å². The average Bonchev–Trinajstić information content (AvgIpc) is 3.37. The minimum absolute atomic E-state index is 0. The Kier molecular flexibility index (Phi) is 7.60. The Hall–Kier alpha value is -4.76. The van der Waals surface area contributed by atoms with Crippen LogP contribution in [0.3, 0.4) is 0 Å². The summed E-state index contributed by atoms with van der Waals surface area (Å²) in [4.78, 5) is 13.4. The maximum Gasteiger partial charge on any atom is 0.0886 e. The molecular weight excluding hydrogens is 679 g/mol. The summed E-state index contributed by atoms with van der Waals surface area (Å²) in [5, 5.41) is 1.26. The Balaban J connectivity index is 0.000000196. The second kappa shape index (κ2) is 11.8. The molecule has 4 heteroatoms. The third kappa shape index (κ3) is 5.24. The molecule has 41 heavy (non-hydrogen) atoms. The molecule has 0 bridgehead atoms. The van der Waals surface area contributed by atoms with Crippen LogP contribution in [-0.2, 0) is 20.1 Å². The van der Waals surface area contributed by atoms with Crippen molar-refractivity contribution < 1.29 is 20.1 Å². The van der Waals surface area contributed by atoms with Gasteiger partial charge >= 0.3 is 0 Å². The van der Waals surface area contributed by atoms with Gasteiger partial charge in [-0.25, -0.2) is 0 Å². The van der Waals surface area contributed by atoms with Crippen LogP contribution in [0.1, 0.15) is 0 Å². The average molecular weight is 703 g/mol. The fourth-order valence-electron chi connectivity index (χ4n) is 5.27. The summed E-state index contributed by atoms with van der Waals surface area (Å²) >= 11 is 0. The van der Waals surface area contributed by atoms with E-state index in [9.17, 15) is 0 Å². The van der Waals surface area contributed by atoms with Crippen LogP contribution in [0.4, 0.5) is 0 Å². The summed E-state index contributed by atoms with van der Waals surface area (Å²) in [5.41, 5.74) is 12.4. The SMILES string of the molecule is [Ir].[c-]1ccc(-c2ccccc2)cc1-c1cc2c3c(cccc3n1)-c1ccccc1-2.c1ccc(-c2ccccn2)nc1. The van der Waals surface area contributed by atoms with Gasteiger partial charge in [0.05, 0.1) is 16.9 Å². The number of aromatic nitrogens is 3. The summed E-state index contributed by atoms with van der Waals surface area (Å²) in [6.45, 7) is 0. The second-order valence-electron chi connectivity index (χ2n) is 9.59. The normalized spacial score (nSPS) is 10.7. The monoisotopic (exact) mass is 703 g/mol. The fraction of sp³-hybridized carbons (Fsp3) is 0. The molecule has 3 heterocycles. The maximum atomic E-state index is 4.99. The van der Waals surface area contributed by atoms with Gasteiger partial charge < -0.3 is 0 Å². The van der Waals surface area contributed by atoms with Gasteiger partial charge in [-0.2, -0.15) is 0 Å². The topological polar surface area (TPSA) is 38.7 Å². The van der Waals surface area contributed by atoms with Crippen LogP contribution in [0.5, 0.6) is 0 Å². The Bertz CT molecular complexity index is 1900. The zero-order chi connectivity index (χ0) is 26.7. The maximum absolute atomic E-state index is 4.99. The quantitative estimate of drug-likeness (QED) is 0.173. The van der Waals surface area contributed by atoms with Crippen LogP contribution in [0.2, 0.25) is 0 Å². The molecule has 1 aliphatic rings. The minimum atomic E-state index is 0. The Morgan fingerprint density at radius 2 is 1.10 bits per heavy atom. The number of rotatable bonds is 3. The molecule has 0 saturated carbocycles. The molecule has 0 N–H and O–H groups in total. The predicted octanol–water partition coefficient (Wildman–Crippen LogP) is 9.16. The van der Waals surface area contributed by atoms with E-state index in [0.717, 1.165) is 28.2 Å². The van der Waals surface area contributed by atoms with Gasteiger partial charge in [0.25, 0.3) is 0 Å². The molecule has 0 aliphatic heterocycles. The van der Waals surface area contributed by atoms with E-state index in [2.05, 4.69) is 101 Å². The summed E-state index contributed by atoms with van der Waals surface area (Å²) in [5.74, 6) is 0. The first-order valence-electron chi connectivity index (χ1n) is 13.3. The number of benzene rings is 4. The van der Waals surface area contributed by atoms with E-state index in [1.54, 1.807) is 12.4 Å². The van der Waals surface area contributed by atoms with Gasteiger partial charge in [0.15, 0.2) is 0 Å². The standard InChI is InChI=1S/C27H16N.C10H8N2.Ir/c1-2-8-18(9-3-1)19-10-6-11-20(16-19)26-17-24-22-13-5-4-12-21(22)23-14-7-15-25(28-26)27(23)24;1-3-7-11-9(5-1)10-6-2-4-8-12-10;/h1-10,12-17H;1-8H;/q-1;;. The van der Waals surface area contributed by atoms with E-state index in [-0.39, 0.29) is 20.1 Å². The second-order valence-corrected chi connectivity index (χ2v) is 9.59. The molecule has 0 fully saturated rings. The number of pyridine rings is 3. The molecule has 0 unspecified atom stereocenters. The molecule has 3 aromatic heterocycles. The van der Waals surface area contributed by atoms with Crippen molar-refractivity contribution in [3.8, 4) is 56.0 Å². The minimum Gasteiger partial charge on any atom is -0.296 e. The first kappa shape index (κ1) is 26.5. The van der Waals surface area contributed by atoms with E-state index in [0.29, 0.717) is 0 Å². The molecule has 3 nitrogen and oxygen atoms in total. The van der Waals surface area contributed by atoms with Crippen LogP contribution < -0.4 is 0 Å². The third-order valence-corrected chi connectivity index (χ3v) is 7.12. The van der Waals surface area contributed by atoms with Gasteiger partial charge in [0.1, 0.15) is 0 Å². The van der Waals surface area contributed by atoms with Crippen LogP contribution in [0.15, 0.2) is 146 Å². The zero-order valence-electron chi connectivity index (χ0n) is 22.0. The Morgan fingerprint density at radius 1 is 0.463 bits per heavy atom. The van der Waals surface area contributed by atoms with Crippen molar-refractivity contribution in [2.24, 2.45) is 0 Å². The molecule has 0 spiro atoms. The summed E-state index contributed by atoms with van der Waals surface area (Å²) in [6, 6.07) is 49.0. The largest absolute Gasteiger partial charge is 0.296 e. The summed E-state index contributed by atoms with van der Waals surface area (Å²) in [7, 11) is 0. The van der Waals surface area contributed by atoms with Crippen molar-refractivity contribution in [2.75, 3.05) is 0 Å². The molecular formula is C37H24IrN3-. The molecule has 8 rings (SSSR count). The van der Waals surface area contributed by atoms with E-state index in [4.69, 9.17) is 4.98 Å². The van der Waals surface area contributed by atoms with E-state index >= 15 is 0 Å². The van der Waals surface area contributed by atoms with Gasteiger partial charge in [-0.15, -0.1) is 35.4 Å². The molecule has 1 radical (unpaired) electrons. The molecule has 4 aromatic carbocycles. The van der Waals surface area contributed by atoms with Crippen LogP contribution in [0.25, 0.3) is 66.9 Å². The fourth-order valence-corrected chi connectivity index (χ4v) is 5.27. The number of hydrogen-bond donors (Lipinski definition) is 0. The van der Waals surface area contributed by atoms with Gasteiger partial charge in [-0.1, -0.05) is 84.9 Å². The van der Waals surface area contributed by atoms with Crippen molar-refractivity contribution in [3.63, 3.8) is 0 Å². The number of hydrogen-bond acceptors (Lipinski definition) is 3. The van der Waals surface area contributed by atoms with Crippen molar-refractivity contribution in [1.82, 2.24) is 15.0 Å². The van der Waals surface area contributed by atoms with Crippen LogP contribution >= 0.6 is 0 Å². The van der Waals surface area contributed by atoms with E-state index < -0.39 is 0 Å². The van der Waals surface area contributed by atoms with Gasteiger partial charge in [-0.05, 0) is 63.8 Å². The van der Waals surface area contributed by atoms with Crippen molar-refractivity contribution in [1.29, 1.82) is 0 Å². The Morgan fingerprint density at radius 3 is 1.78 bits per heavy atom. The van der Waals surface area contributed by atoms with Gasteiger partial charge in [0, 0.05) is 37.9 Å². The molecule has 1 aliphatic carbocycles. The predicted molar refractivity (Wildman–Crippen MR) is 163 cm³/mol. The molecule has 0 amide bonds. The summed E-state index contributed by atoms with van der Waals surface area (Å²) in [6.07, 6.45) is 3.54. The molecule has 197 valence electrons.